The van der Waals surface area contributed by atoms with E-state index in [0.29, 0.717) is 19.8 Å². The quantitative estimate of drug-likeness (QED) is 0.926. The lowest BCUT2D eigenvalue weighted by atomic mass is 9.99. The first kappa shape index (κ1) is 14.5. The average molecular weight is 309 g/mol. The first-order valence-corrected chi connectivity index (χ1v) is 8.19. The van der Waals surface area contributed by atoms with E-state index in [1.54, 1.807) is 16.2 Å². The Balaban J connectivity index is 1.78. The molecule has 0 saturated carbocycles. The summed E-state index contributed by atoms with van der Waals surface area (Å²) in [6.45, 7) is 1.26. The number of carbonyl (C=O) groups excluding carboxylic acids is 1. The van der Waals surface area contributed by atoms with Crippen LogP contribution in [0.1, 0.15) is 39.4 Å². The van der Waals surface area contributed by atoms with Gasteiger partial charge in [0.15, 0.2) is 0 Å². The Labute approximate surface area is 127 Å². The molecule has 1 aromatic rings. The van der Waals surface area contributed by atoms with Crippen molar-refractivity contribution in [1.82, 2.24) is 4.90 Å². The Kier molecular flexibility index (Phi) is 4.26. The van der Waals surface area contributed by atoms with Crippen LogP contribution in [0.5, 0.6) is 0 Å². The number of fused-ring (bicyclic) bond motifs is 1. The summed E-state index contributed by atoms with van der Waals surface area (Å²) in [5, 5.41) is 8.98. The van der Waals surface area contributed by atoms with Crippen LogP contribution in [0.3, 0.4) is 0 Å². The van der Waals surface area contributed by atoms with Gasteiger partial charge in [0.2, 0.25) is 0 Å². The highest BCUT2D eigenvalue weighted by atomic mass is 32.1. The highest BCUT2D eigenvalue weighted by molar-refractivity contribution is 7.14. The van der Waals surface area contributed by atoms with E-state index in [4.69, 9.17) is 9.84 Å². The number of aliphatic carboxylic acids is 1. The van der Waals surface area contributed by atoms with Crippen LogP contribution in [0.15, 0.2) is 6.07 Å². The molecule has 3 rings (SSSR count). The number of hydrogen-bond acceptors (Lipinski definition) is 4. The molecule has 2 aliphatic rings. The van der Waals surface area contributed by atoms with E-state index in [1.807, 2.05) is 6.07 Å². The van der Waals surface area contributed by atoms with Gasteiger partial charge in [-0.25, -0.2) is 0 Å². The summed E-state index contributed by atoms with van der Waals surface area (Å²) in [7, 11) is 0. The van der Waals surface area contributed by atoms with Crippen molar-refractivity contribution in [1.29, 1.82) is 0 Å². The van der Waals surface area contributed by atoms with Gasteiger partial charge >= 0.3 is 5.97 Å². The summed E-state index contributed by atoms with van der Waals surface area (Å²) in [6, 6.07) is 1.65. The molecular weight excluding hydrogens is 290 g/mol. The van der Waals surface area contributed by atoms with E-state index in [1.165, 1.54) is 23.3 Å². The Morgan fingerprint density at radius 1 is 1.38 bits per heavy atom. The number of morpholine rings is 1. The zero-order chi connectivity index (χ0) is 14.8. The first-order chi connectivity index (χ1) is 10.1. The van der Waals surface area contributed by atoms with Crippen LogP contribution >= 0.6 is 11.3 Å². The molecule has 1 saturated heterocycles. The van der Waals surface area contributed by atoms with Crippen LogP contribution in [-0.4, -0.2) is 47.7 Å². The molecule has 5 nitrogen and oxygen atoms in total. The Hall–Kier alpha value is -1.40. The normalized spacial score (nSPS) is 21.9. The van der Waals surface area contributed by atoms with E-state index in [9.17, 15) is 9.59 Å². The molecule has 1 fully saturated rings. The number of carboxylic acid groups (broad SMARTS) is 1. The summed E-state index contributed by atoms with van der Waals surface area (Å²) >= 11 is 1.58. The summed E-state index contributed by atoms with van der Waals surface area (Å²) < 4.78 is 5.33. The van der Waals surface area contributed by atoms with Crippen LogP contribution < -0.4 is 0 Å². The predicted molar refractivity (Wildman–Crippen MR) is 78.9 cm³/mol. The maximum absolute atomic E-state index is 12.7. The number of thiophene rings is 1. The Morgan fingerprint density at radius 2 is 2.19 bits per heavy atom. The highest BCUT2D eigenvalue weighted by Crippen LogP contribution is 2.31. The topological polar surface area (TPSA) is 66.8 Å². The van der Waals surface area contributed by atoms with Crippen molar-refractivity contribution in [3.05, 3.63) is 21.4 Å². The van der Waals surface area contributed by atoms with Crippen LogP contribution in [0, 0.1) is 0 Å². The Morgan fingerprint density at radius 3 is 2.95 bits per heavy atom. The molecule has 1 amide bonds. The monoisotopic (exact) mass is 309 g/mol. The van der Waals surface area contributed by atoms with Crippen LogP contribution in [0.2, 0.25) is 0 Å². The molecule has 1 unspecified atom stereocenters. The maximum Gasteiger partial charge on any atom is 0.305 e. The second-order valence-corrected chi connectivity index (χ2v) is 6.73. The fourth-order valence-corrected chi connectivity index (χ4v) is 4.24. The molecule has 1 N–H and O–H groups in total. The van der Waals surface area contributed by atoms with Crippen molar-refractivity contribution in [3.63, 3.8) is 0 Å². The van der Waals surface area contributed by atoms with Crippen molar-refractivity contribution in [3.8, 4) is 0 Å². The molecule has 2 heterocycles. The molecule has 1 atom stereocenters. The van der Waals surface area contributed by atoms with E-state index < -0.39 is 5.97 Å². The largest absolute Gasteiger partial charge is 0.481 e. The lowest BCUT2D eigenvalue weighted by molar-refractivity contribution is -0.139. The predicted octanol–water partition coefficient (Wildman–Crippen LogP) is 1.94. The van der Waals surface area contributed by atoms with E-state index in [2.05, 4.69) is 0 Å². The molecule has 114 valence electrons. The van der Waals surface area contributed by atoms with Gasteiger partial charge in [-0.1, -0.05) is 0 Å². The van der Waals surface area contributed by atoms with Crippen molar-refractivity contribution >= 4 is 23.2 Å². The fraction of sp³-hybridized carbons (Fsp3) is 0.600. The average Bonchev–Trinajstić information content (AvgIpc) is 2.90. The zero-order valence-electron chi connectivity index (χ0n) is 11.8. The van der Waals surface area contributed by atoms with E-state index >= 15 is 0 Å². The number of aryl methyl sites for hydroxylation is 2. The van der Waals surface area contributed by atoms with E-state index in [-0.39, 0.29) is 18.4 Å². The molecule has 1 aliphatic carbocycles. The molecule has 6 heteroatoms. The Bertz CT molecular complexity index is 530. The van der Waals surface area contributed by atoms with Crippen LogP contribution in [0.4, 0.5) is 0 Å². The zero-order valence-corrected chi connectivity index (χ0v) is 12.7. The smallest absolute Gasteiger partial charge is 0.305 e. The van der Waals surface area contributed by atoms with Crippen molar-refractivity contribution in [2.45, 2.75) is 38.1 Å². The molecule has 0 bridgehead atoms. The van der Waals surface area contributed by atoms with Gasteiger partial charge in [0.1, 0.15) is 0 Å². The minimum Gasteiger partial charge on any atom is -0.481 e. The standard InChI is InChI=1S/C15H19NO4S/c17-14(18)8-11-9-20-6-5-16(11)15(19)13-7-10-3-1-2-4-12(10)21-13/h7,11H,1-6,8-9H2,(H,17,18). The number of carboxylic acids is 1. The van der Waals surface area contributed by atoms with Gasteiger partial charge in [-0.05, 0) is 37.3 Å². The third-order valence-corrected chi connectivity index (χ3v) is 5.33. The minimum absolute atomic E-state index is 0.0380. The number of ether oxygens (including phenoxy) is 1. The third kappa shape index (κ3) is 3.11. The summed E-state index contributed by atoms with van der Waals surface area (Å²) in [5.74, 6) is -0.933. The molecule has 21 heavy (non-hydrogen) atoms. The lowest BCUT2D eigenvalue weighted by Gasteiger charge is -2.34. The number of nitrogens with zero attached hydrogens (tertiary/aromatic N) is 1. The van der Waals surface area contributed by atoms with Crippen LogP contribution in [0.25, 0.3) is 0 Å². The van der Waals surface area contributed by atoms with Gasteiger partial charge < -0.3 is 14.7 Å². The number of hydrogen-bond donors (Lipinski definition) is 1. The molecule has 1 aliphatic heterocycles. The fourth-order valence-electron chi connectivity index (χ4n) is 3.03. The molecule has 0 radical (unpaired) electrons. The molecule has 0 aromatic carbocycles. The van der Waals surface area contributed by atoms with Crippen molar-refractivity contribution in [2.24, 2.45) is 0 Å². The summed E-state index contributed by atoms with van der Waals surface area (Å²) in [4.78, 5) is 27.4. The SMILES string of the molecule is O=C(O)CC1COCCN1C(=O)c1cc2c(s1)CCCC2. The van der Waals surface area contributed by atoms with Crippen molar-refractivity contribution < 1.29 is 19.4 Å². The van der Waals surface area contributed by atoms with Gasteiger partial charge in [-0.15, -0.1) is 11.3 Å². The summed E-state index contributed by atoms with van der Waals surface area (Å²) in [5.41, 5.74) is 1.30. The highest BCUT2D eigenvalue weighted by Gasteiger charge is 2.31. The van der Waals surface area contributed by atoms with Crippen LogP contribution in [-0.2, 0) is 22.4 Å². The van der Waals surface area contributed by atoms with E-state index in [0.717, 1.165) is 17.7 Å². The van der Waals surface area contributed by atoms with Gasteiger partial charge in [-0.2, -0.15) is 0 Å². The minimum atomic E-state index is -0.895. The number of amides is 1. The first-order valence-electron chi connectivity index (χ1n) is 7.37. The van der Waals surface area contributed by atoms with Gasteiger partial charge in [0, 0.05) is 11.4 Å². The van der Waals surface area contributed by atoms with Gasteiger partial charge in [0.25, 0.3) is 5.91 Å². The second-order valence-electron chi connectivity index (χ2n) is 5.59. The second kappa shape index (κ2) is 6.15. The molecular formula is C15H19NO4S. The molecule has 1 aromatic heterocycles. The maximum atomic E-state index is 12.7. The lowest BCUT2D eigenvalue weighted by Crippen LogP contribution is -2.49. The van der Waals surface area contributed by atoms with Gasteiger partial charge in [0.05, 0.1) is 30.6 Å². The van der Waals surface area contributed by atoms with Crippen molar-refractivity contribution in [2.75, 3.05) is 19.8 Å². The summed E-state index contributed by atoms with van der Waals surface area (Å²) in [6.07, 6.45) is 4.45. The molecule has 0 spiro atoms. The third-order valence-electron chi connectivity index (χ3n) is 4.11. The number of carbonyl (C=O) groups is 2. The van der Waals surface area contributed by atoms with Gasteiger partial charge in [-0.3, -0.25) is 9.59 Å². The number of rotatable bonds is 3.